The number of pyridine rings is 1. The van der Waals surface area contributed by atoms with E-state index in [2.05, 4.69) is 42.8 Å². The number of aromatic nitrogens is 1. The molecule has 0 unspecified atom stereocenters. The summed E-state index contributed by atoms with van der Waals surface area (Å²) < 4.78 is 0. The first kappa shape index (κ1) is 13.0. The fourth-order valence-corrected chi connectivity index (χ4v) is 2.77. The van der Waals surface area contributed by atoms with Gasteiger partial charge in [0.25, 0.3) is 0 Å². The van der Waals surface area contributed by atoms with E-state index in [1.807, 2.05) is 12.4 Å². The van der Waals surface area contributed by atoms with Gasteiger partial charge in [-0.1, -0.05) is 15.9 Å². The molecule has 2 heterocycles. The summed E-state index contributed by atoms with van der Waals surface area (Å²) in [5.74, 6) is 0. The Morgan fingerprint density at radius 1 is 1.06 bits per heavy atom. The fraction of sp³-hybridized carbons (Fsp3) is 0.615. The van der Waals surface area contributed by atoms with Gasteiger partial charge in [0.2, 0.25) is 0 Å². The highest BCUT2D eigenvalue weighted by Gasteiger charge is 2.14. The zero-order valence-corrected chi connectivity index (χ0v) is 11.8. The van der Waals surface area contributed by atoms with Gasteiger partial charge in [-0.05, 0) is 37.2 Å². The van der Waals surface area contributed by atoms with E-state index in [1.165, 1.54) is 44.7 Å². The zero-order chi connectivity index (χ0) is 11.9. The van der Waals surface area contributed by atoms with Gasteiger partial charge in [-0.2, -0.15) is 0 Å². The third kappa shape index (κ3) is 4.37. The molecule has 0 aliphatic carbocycles. The van der Waals surface area contributed by atoms with Gasteiger partial charge in [0, 0.05) is 43.9 Å². The maximum atomic E-state index is 4.06. The van der Waals surface area contributed by atoms with Crippen molar-refractivity contribution in [1.29, 1.82) is 0 Å². The van der Waals surface area contributed by atoms with E-state index in [0.717, 1.165) is 11.9 Å². The predicted molar refractivity (Wildman–Crippen MR) is 74.4 cm³/mol. The minimum atomic E-state index is 1.06. The number of hydrogen-bond acceptors (Lipinski definition) is 3. The zero-order valence-electron chi connectivity index (χ0n) is 10.2. The monoisotopic (exact) mass is 297 g/mol. The summed E-state index contributed by atoms with van der Waals surface area (Å²) in [5.41, 5.74) is 1.37. The van der Waals surface area contributed by atoms with Crippen LogP contribution in [0.25, 0.3) is 0 Å². The van der Waals surface area contributed by atoms with E-state index < -0.39 is 0 Å². The van der Waals surface area contributed by atoms with E-state index in [1.54, 1.807) is 0 Å². The van der Waals surface area contributed by atoms with Crippen molar-refractivity contribution in [2.45, 2.75) is 13.0 Å². The second kappa shape index (κ2) is 7.09. The molecule has 94 valence electrons. The van der Waals surface area contributed by atoms with E-state index in [0.29, 0.717) is 0 Å². The van der Waals surface area contributed by atoms with Crippen LogP contribution in [0.1, 0.15) is 12.0 Å². The molecule has 0 saturated carbocycles. The molecule has 1 saturated heterocycles. The Labute approximate surface area is 112 Å². The normalized spacial score (nSPS) is 19.1. The largest absolute Gasteiger partial charge is 0.301 e. The molecular formula is C13H20BrN3. The summed E-state index contributed by atoms with van der Waals surface area (Å²) in [4.78, 5) is 9.15. The van der Waals surface area contributed by atoms with Gasteiger partial charge in [0.15, 0.2) is 0 Å². The number of alkyl halides is 1. The van der Waals surface area contributed by atoms with Crippen LogP contribution in [0.2, 0.25) is 0 Å². The Balaban J connectivity index is 1.83. The third-order valence-corrected chi connectivity index (χ3v) is 3.59. The van der Waals surface area contributed by atoms with Crippen molar-refractivity contribution in [3.05, 3.63) is 30.1 Å². The summed E-state index contributed by atoms with van der Waals surface area (Å²) in [5, 5.41) is 1.08. The van der Waals surface area contributed by atoms with Gasteiger partial charge in [-0.3, -0.25) is 9.88 Å². The second-order valence-electron chi connectivity index (χ2n) is 4.52. The number of halogens is 1. The third-order valence-electron chi connectivity index (χ3n) is 3.24. The van der Waals surface area contributed by atoms with Crippen LogP contribution in [-0.2, 0) is 6.54 Å². The van der Waals surface area contributed by atoms with E-state index in [4.69, 9.17) is 0 Å². The van der Waals surface area contributed by atoms with Crippen molar-refractivity contribution in [3.63, 3.8) is 0 Å². The molecule has 4 heteroatoms. The van der Waals surface area contributed by atoms with Gasteiger partial charge in [-0.25, -0.2) is 0 Å². The van der Waals surface area contributed by atoms with Gasteiger partial charge in [0.1, 0.15) is 0 Å². The van der Waals surface area contributed by atoms with Crippen LogP contribution in [0.15, 0.2) is 24.5 Å². The lowest BCUT2D eigenvalue weighted by atomic mass is 10.2. The van der Waals surface area contributed by atoms with Crippen molar-refractivity contribution in [2.75, 3.05) is 38.1 Å². The molecule has 1 fully saturated rings. The highest BCUT2D eigenvalue weighted by molar-refractivity contribution is 9.09. The smallest absolute Gasteiger partial charge is 0.0271 e. The Morgan fingerprint density at radius 2 is 1.76 bits per heavy atom. The van der Waals surface area contributed by atoms with Crippen molar-refractivity contribution in [1.82, 2.24) is 14.8 Å². The van der Waals surface area contributed by atoms with Gasteiger partial charge in [0.05, 0.1) is 0 Å². The first-order chi connectivity index (χ1) is 8.38. The van der Waals surface area contributed by atoms with Gasteiger partial charge >= 0.3 is 0 Å². The maximum Gasteiger partial charge on any atom is 0.0271 e. The van der Waals surface area contributed by atoms with E-state index in [9.17, 15) is 0 Å². The Kier molecular flexibility index (Phi) is 5.42. The molecule has 1 aromatic heterocycles. The summed E-state index contributed by atoms with van der Waals surface area (Å²) in [6, 6.07) is 4.22. The summed E-state index contributed by atoms with van der Waals surface area (Å²) >= 11 is 3.52. The fourth-order valence-electron chi connectivity index (χ4n) is 2.27. The van der Waals surface area contributed by atoms with Crippen molar-refractivity contribution in [3.8, 4) is 0 Å². The lowest BCUT2D eigenvalue weighted by Crippen LogP contribution is -2.31. The van der Waals surface area contributed by atoms with E-state index >= 15 is 0 Å². The first-order valence-electron chi connectivity index (χ1n) is 6.28. The number of nitrogens with zero attached hydrogens (tertiary/aromatic N) is 3. The molecule has 0 N–H and O–H groups in total. The summed E-state index contributed by atoms with van der Waals surface area (Å²) in [6.45, 7) is 7.04. The lowest BCUT2D eigenvalue weighted by molar-refractivity contribution is 0.258. The van der Waals surface area contributed by atoms with Crippen LogP contribution in [0, 0.1) is 0 Å². The Morgan fingerprint density at radius 3 is 2.53 bits per heavy atom. The first-order valence-corrected chi connectivity index (χ1v) is 7.40. The van der Waals surface area contributed by atoms with Gasteiger partial charge in [-0.15, -0.1) is 0 Å². The molecule has 0 spiro atoms. The Hall–Kier alpha value is -0.450. The molecule has 1 aromatic rings. The van der Waals surface area contributed by atoms with Crippen molar-refractivity contribution < 1.29 is 0 Å². The van der Waals surface area contributed by atoms with Crippen LogP contribution < -0.4 is 0 Å². The standard InChI is InChI=1S/C13H20BrN3/c14-4-9-16-7-1-8-17(11-10-16)12-13-2-5-15-6-3-13/h2-3,5-6H,1,4,7-12H2. The van der Waals surface area contributed by atoms with Crippen LogP contribution in [0.3, 0.4) is 0 Å². The summed E-state index contributed by atoms with van der Waals surface area (Å²) in [6.07, 6.45) is 5.03. The second-order valence-corrected chi connectivity index (χ2v) is 5.31. The quantitative estimate of drug-likeness (QED) is 0.793. The highest BCUT2D eigenvalue weighted by atomic mass is 79.9. The highest BCUT2D eigenvalue weighted by Crippen LogP contribution is 2.08. The van der Waals surface area contributed by atoms with Crippen molar-refractivity contribution in [2.24, 2.45) is 0 Å². The van der Waals surface area contributed by atoms with E-state index in [-0.39, 0.29) is 0 Å². The molecule has 0 aromatic carbocycles. The minimum Gasteiger partial charge on any atom is -0.301 e. The van der Waals surface area contributed by atoms with Crippen LogP contribution in [-0.4, -0.2) is 52.8 Å². The molecule has 0 radical (unpaired) electrons. The molecule has 2 rings (SSSR count). The number of rotatable bonds is 4. The SMILES string of the molecule is BrCCN1CCCN(Cc2ccncc2)CC1. The average molecular weight is 298 g/mol. The van der Waals surface area contributed by atoms with Crippen LogP contribution in [0.5, 0.6) is 0 Å². The molecule has 1 aliphatic rings. The topological polar surface area (TPSA) is 19.4 Å². The van der Waals surface area contributed by atoms with Gasteiger partial charge < -0.3 is 4.90 Å². The molecule has 3 nitrogen and oxygen atoms in total. The lowest BCUT2D eigenvalue weighted by Gasteiger charge is -2.21. The Bertz CT molecular complexity index is 318. The molecular weight excluding hydrogens is 278 g/mol. The molecule has 1 aliphatic heterocycles. The average Bonchev–Trinajstić information content (AvgIpc) is 2.57. The predicted octanol–water partition coefficient (Wildman–Crippen LogP) is 1.98. The maximum absolute atomic E-state index is 4.06. The van der Waals surface area contributed by atoms with Crippen LogP contribution >= 0.6 is 15.9 Å². The molecule has 0 amide bonds. The molecule has 17 heavy (non-hydrogen) atoms. The molecule has 0 atom stereocenters. The van der Waals surface area contributed by atoms with Crippen LogP contribution in [0.4, 0.5) is 0 Å². The summed E-state index contributed by atoms with van der Waals surface area (Å²) in [7, 11) is 0. The molecule has 0 bridgehead atoms. The minimum absolute atomic E-state index is 1.06. The number of hydrogen-bond donors (Lipinski definition) is 0. The van der Waals surface area contributed by atoms with Crippen molar-refractivity contribution >= 4 is 15.9 Å².